The topological polar surface area (TPSA) is 66.5 Å². The molecule has 0 bridgehead atoms. The molecule has 0 saturated heterocycles. The Kier molecular flexibility index (Phi) is 3.50. The van der Waals surface area contributed by atoms with E-state index in [9.17, 15) is 0 Å². The summed E-state index contributed by atoms with van der Waals surface area (Å²) in [5.41, 5.74) is 1.37. The van der Waals surface area contributed by atoms with Crippen LogP contribution < -0.4 is 5.32 Å². The minimum Gasteiger partial charge on any atom is -0.367 e. The minimum atomic E-state index is 0.207. The van der Waals surface area contributed by atoms with Crippen molar-refractivity contribution in [2.45, 2.75) is 12.2 Å². The summed E-state index contributed by atoms with van der Waals surface area (Å²) in [6.07, 6.45) is 3.66. The molecule has 0 aliphatic heterocycles. The maximum atomic E-state index is 5.81. The summed E-state index contributed by atoms with van der Waals surface area (Å²) in [6.45, 7) is 2.97. The zero-order chi connectivity index (χ0) is 11.5. The predicted octanol–water partition coefficient (Wildman–Crippen LogP) is 2.17. The van der Waals surface area contributed by atoms with Gasteiger partial charge in [0, 0.05) is 11.8 Å². The van der Waals surface area contributed by atoms with Gasteiger partial charge in [-0.25, -0.2) is 4.98 Å². The molecule has 2 aromatic rings. The molecular formula is C9H12ClN5S. The zero-order valence-electron chi connectivity index (χ0n) is 8.99. The van der Waals surface area contributed by atoms with E-state index in [0.717, 1.165) is 12.1 Å². The van der Waals surface area contributed by atoms with Gasteiger partial charge in [0.15, 0.2) is 11.5 Å². The number of rotatable bonds is 4. The third kappa shape index (κ3) is 2.38. The zero-order valence-corrected chi connectivity index (χ0v) is 10.6. The van der Waals surface area contributed by atoms with Crippen LogP contribution in [0, 0.1) is 0 Å². The molecule has 7 heteroatoms. The summed E-state index contributed by atoms with van der Waals surface area (Å²) in [7, 11) is 0. The Morgan fingerprint density at radius 3 is 3.12 bits per heavy atom. The molecule has 0 aliphatic rings. The maximum absolute atomic E-state index is 5.81. The van der Waals surface area contributed by atoms with Gasteiger partial charge < -0.3 is 10.3 Å². The first-order valence-electron chi connectivity index (χ1n) is 4.84. The molecule has 86 valence electrons. The lowest BCUT2D eigenvalue weighted by molar-refractivity contribution is 0.990. The Hall–Kier alpha value is -1.01. The number of H-pyrrole nitrogens is 1. The Morgan fingerprint density at radius 2 is 2.38 bits per heavy atom. The van der Waals surface area contributed by atoms with Gasteiger partial charge in [-0.15, -0.1) is 0 Å². The molecule has 1 atom stereocenters. The van der Waals surface area contributed by atoms with Crippen molar-refractivity contribution in [3.63, 3.8) is 0 Å². The van der Waals surface area contributed by atoms with Gasteiger partial charge in [0.1, 0.15) is 5.52 Å². The Bertz CT molecular complexity index is 486. The first-order chi connectivity index (χ1) is 7.70. The van der Waals surface area contributed by atoms with Gasteiger partial charge in [0.25, 0.3) is 0 Å². The molecule has 0 radical (unpaired) electrons. The summed E-state index contributed by atoms with van der Waals surface area (Å²) < 4.78 is 0. The lowest BCUT2D eigenvalue weighted by Crippen LogP contribution is -2.14. The largest absolute Gasteiger partial charge is 0.367 e. The number of nitrogens with zero attached hydrogens (tertiary/aromatic N) is 3. The highest BCUT2D eigenvalue weighted by atomic mass is 35.5. The van der Waals surface area contributed by atoms with Gasteiger partial charge in [-0.1, -0.05) is 6.92 Å². The van der Waals surface area contributed by atoms with Crippen molar-refractivity contribution in [3.05, 3.63) is 11.6 Å². The van der Waals surface area contributed by atoms with Crippen LogP contribution in [-0.4, -0.2) is 38.0 Å². The number of hydrogen-bond donors (Lipinski definition) is 2. The fraction of sp³-hybridized carbons (Fsp3) is 0.444. The first kappa shape index (κ1) is 11.5. The summed E-state index contributed by atoms with van der Waals surface area (Å²) in [5.74, 6) is 0.702. The lowest BCUT2D eigenvalue weighted by Gasteiger charge is -2.10. The Morgan fingerprint density at radius 1 is 1.56 bits per heavy atom. The average molecular weight is 258 g/mol. The number of hydrogen-bond acceptors (Lipinski definition) is 5. The van der Waals surface area contributed by atoms with E-state index in [0.29, 0.717) is 16.7 Å². The molecule has 0 saturated carbocycles. The fourth-order valence-electron chi connectivity index (χ4n) is 1.26. The molecule has 2 aromatic heterocycles. The molecule has 5 nitrogen and oxygen atoms in total. The molecule has 0 amide bonds. The molecule has 0 fully saturated rings. The maximum Gasteiger partial charge on any atom is 0.226 e. The van der Waals surface area contributed by atoms with Crippen LogP contribution in [0.25, 0.3) is 11.2 Å². The number of fused-ring (bicyclic) bond motifs is 1. The van der Waals surface area contributed by atoms with Gasteiger partial charge in [-0.05, 0) is 17.9 Å². The Balaban J connectivity index is 2.25. The molecule has 1 unspecified atom stereocenters. The van der Waals surface area contributed by atoms with Crippen LogP contribution in [0.1, 0.15) is 6.92 Å². The van der Waals surface area contributed by atoms with E-state index in [4.69, 9.17) is 11.6 Å². The third-order valence-electron chi connectivity index (χ3n) is 2.22. The van der Waals surface area contributed by atoms with Crippen molar-refractivity contribution in [1.29, 1.82) is 0 Å². The van der Waals surface area contributed by atoms with Crippen LogP contribution in [0.5, 0.6) is 0 Å². The molecule has 2 heterocycles. The SMILES string of the molecule is CSC(C)CNc1nc(Cl)nc2nc[nH]c12. The van der Waals surface area contributed by atoms with E-state index in [1.54, 1.807) is 18.1 Å². The van der Waals surface area contributed by atoms with Crippen molar-refractivity contribution in [1.82, 2.24) is 19.9 Å². The number of imidazole rings is 1. The standard InChI is InChI=1S/C9H12ClN5S/c1-5(16-2)3-11-7-6-8(13-4-12-6)15-9(10)14-7/h4-5H,3H2,1-2H3,(H2,11,12,13,14,15). The van der Waals surface area contributed by atoms with Gasteiger partial charge in [0.05, 0.1) is 6.33 Å². The summed E-state index contributed by atoms with van der Waals surface area (Å²) >= 11 is 7.60. The quantitative estimate of drug-likeness (QED) is 0.822. The second-order valence-electron chi connectivity index (χ2n) is 3.37. The minimum absolute atomic E-state index is 0.207. The normalized spacial score (nSPS) is 12.9. The van der Waals surface area contributed by atoms with Gasteiger partial charge >= 0.3 is 0 Å². The summed E-state index contributed by atoms with van der Waals surface area (Å²) in [6, 6.07) is 0. The first-order valence-corrected chi connectivity index (χ1v) is 6.50. The summed E-state index contributed by atoms with van der Waals surface area (Å²) in [4.78, 5) is 15.2. The van der Waals surface area contributed by atoms with Crippen molar-refractivity contribution < 1.29 is 0 Å². The van der Waals surface area contributed by atoms with Crippen LogP contribution in [0.15, 0.2) is 6.33 Å². The van der Waals surface area contributed by atoms with Crippen LogP contribution in [0.2, 0.25) is 5.28 Å². The predicted molar refractivity (Wildman–Crippen MR) is 68.2 cm³/mol. The van der Waals surface area contributed by atoms with Gasteiger partial charge in [0.2, 0.25) is 5.28 Å². The smallest absolute Gasteiger partial charge is 0.226 e. The number of nitrogens with one attached hydrogen (secondary N) is 2. The van der Waals surface area contributed by atoms with E-state index in [1.807, 2.05) is 0 Å². The molecule has 0 aliphatic carbocycles. The third-order valence-corrected chi connectivity index (χ3v) is 3.36. The van der Waals surface area contributed by atoms with E-state index < -0.39 is 0 Å². The number of anilines is 1. The summed E-state index contributed by atoms with van der Waals surface area (Å²) in [5, 5.41) is 3.95. The highest BCUT2D eigenvalue weighted by Crippen LogP contribution is 2.19. The second kappa shape index (κ2) is 4.88. The number of halogens is 1. The van der Waals surface area contributed by atoms with Crippen molar-refractivity contribution in [2.75, 3.05) is 18.1 Å². The van der Waals surface area contributed by atoms with E-state index in [2.05, 4.69) is 38.4 Å². The molecule has 0 aromatic carbocycles. The van der Waals surface area contributed by atoms with Gasteiger partial charge in [-0.2, -0.15) is 21.7 Å². The fourth-order valence-corrected chi connectivity index (χ4v) is 1.67. The van der Waals surface area contributed by atoms with Crippen molar-refractivity contribution in [2.24, 2.45) is 0 Å². The Labute approximate surface area is 102 Å². The van der Waals surface area contributed by atoms with Crippen LogP contribution in [0.4, 0.5) is 5.82 Å². The highest BCUT2D eigenvalue weighted by molar-refractivity contribution is 7.99. The lowest BCUT2D eigenvalue weighted by atomic mass is 10.4. The van der Waals surface area contributed by atoms with E-state index >= 15 is 0 Å². The van der Waals surface area contributed by atoms with Gasteiger partial charge in [-0.3, -0.25) is 0 Å². The van der Waals surface area contributed by atoms with E-state index in [-0.39, 0.29) is 5.28 Å². The average Bonchev–Trinajstić information content (AvgIpc) is 2.73. The molecule has 16 heavy (non-hydrogen) atoms. The number of aromatic amines is 1. The van der Waals surface area contributed by atoms with Crippen LogP contribution in [-0.2, 0) is 0 Å². The number of thioether (sulfide) groups is 1. The monoisotopic (exact) mass is 257 g/mol. The van der Waals surface area contributed by atoms with Crippen LogP contribution in [0.3, 0.4) is 0 Å². The molecule has 2 N–H and O–H groups in total. The molecular weight excluding hydrogens is 246 g/mol. The second-order valence-corrected chi connectivity index (χ2v) is 4.98. The van der Waals surface area contributed by atoms with Crippen molar-refractivity contribution >= 4 is 40.3 Å². The van der Waals surface area contributed by atoms with E-state index in [1.165, 1.54) is 0 Å². The molecule has 2 rings (SSSR count). The van der Waals surface area contributed by atoms with Crippen molar-refractivity contribution in [3.8, 4) is 0 Å². The van der Waals surface area contributed by atoms with Crippen LogP contribution >= 0.6 is 23.4 Å². The number of aromatic nitrogens is 4. The highest BCUT2D eigenvalue weighted by Gasteiger charge is 2.09. The molecule has 0 spiro atoms.